The molecule has 7 heteroatoms. The van der Waals surface area contributed by atoms with Gasteiger partial charge in [-0.15, -0.1) is 10.2 Å². The van der Waals surface area contributed by atoms with Crippen LogP contribution in [0.15, 0.2) is 45.2 Å². The molecule has 0 N–H and O–H groups in total. The van der Waals surface area contributed by atoms with Crippen LogP contribution in [0.5, 0.6) is 0 Å². The van der Waals surface area contributed by atoms with Crippen molar-refractivity contribution in [3.8, 4) is 11.4 Å². The summed E-state index contributed by atoms with van der Waals surface area (Å²) in [4.78, 5) is 0. The monoisotopic (exact) mass is 342 g/mol. The van der Waals surface area contributed by atoms with Gasteiger partial charge in [0, 0.05) is 5.56 Å². The molecule has 0 fully saturated rings. The molecule has 0 bridgehead atoms. The molecule has 6 nitrogen and oxygen atoms in total. The second kappa shape index (κ2) is 4.17. The van der Waals surface area contributed by atoms with Crippen molar-refractivity contribution >= 4 is 27.3 Å². The molecule has 2 aromatic heterocycles. The van der Waals surface area contributed by atoms with Crippen LogP contribution in [-0.2, 0) is 5.54 Å². The molecule has 0 radical (unpaired) electrons. The summed E-state index contributed by atoms with van der Waals surface area (Å²) in [7, 11) is 0. The average molecular weight is 343 g/mol. The van der Waals surface area contributed by atoms with Gasteiger partial charge < -0.3 is 0 Å². The van der Waals surface area contributed by atoms with Crippen LogP contribution in [0.2, 0.25) is 0 Å². The van der Waals surface area contributed by atoms with Crippen LogP contribution < -0.4 is 0 Å². The number of nitrogens with zero attached hydrogens (tertiary/aromatic N) is 6. The number of hydrogen-bond acceptors (Lipinski definition) is 5. The maximum atomic E-state index is 4.50. The lowest BCUT2D eigenvalue weighted by Gasteiger charge is -2.14. The van der Waals surface area contributed by atoms with E-state index < -0.39 is 5.54 Å². The number of fused-ring (bicyclic) bond motifs is 3. The predicted molar refractivity (Wildman–Crippen MR) is 81.5 cm³/mol. The molecule has 0 unspecified atom stereocenters. The Kier molecular flexibility index (Phi) is 2.50. The SMILES string of the molecule is CC1(C)N=Nc2c(Br)nn3c(-c4ccccc4)nnc3c21. The molecule has 3 aromatic rings. The first-order chi connectivity index (χ1) is 10.1. The minimum absolute atomic E-state index is 0.428. The third-order valence-electron chi connectivity index (χ3n) is 3.53. The Morgan fingerprint density at radius 3 is 2.62 bits per heavy atom. The molecular weight excluding hydrogens is 332 g/mol. The summed E-state index contributed by atoms with van der Waals surface area (Å²) >= 11 is 3.47. The fraction of sp³-hybridized carbons (Fsp3) is 0.214. The van der Waals surface area contributed by atoms with E-state index >= 15 is 0 Å². The van der Waals surface area contributed by atoms with Gasteiger partial charge in [-0.2, -0.15) is 19.8 Å². The van der Waals surface area contributed by atoms with Gasteiger partial charge in [0.1, 0.15) is 11.2 Å². The van der Waals surface area contributed by atoms with Gasteiger partial charge in [-0.25, -0.2) is 0 Å². The van der Waals surface area contributed by atoms with E-state index in [4.69, 9.17) is 0 Å². The predicted octanol–water partition coefficient (Wildman–Crippen LogP) is 3.89. The van der Waals surface area contributed by atoms with E-state index in [0.29, 0.717) is 16.1 Å². The van der Waals surface area contributed by atoms with Crippen molar-refractivity contribution in [1.29, 1.82) is 0 Å². The average Bonchev–Trinajstić information content (AvgIpc) is 3.01. The van der Waals surface area contributed by atoms with Crippen molar-refractivity contribution < 1.29 is 0 Å². The molecule has 4 rings (SSSR count). The van der Waals surface area contributed by atoms with E-state index in [1.807, 2.05) is 44.2 Å². The quantitative estimate of drug-likeness (QED) is 0.673. The van der Waals surface area contributed by atoms with Crippen molar-refractivity contribution in [2.24, 2.45) is 10.2 Å². The first kappa shape index (κ1) is 12.6. The highest BCUT2D eigenvalue weighted by Gasteiger charge is 2.35. The summed E-state index contributed by atoms with van der Waals surface area (Å²) in [5.74, 6) is 0.705. The van der Waals surface area contributed by atoms with Crippen molar-refractivity contribution in [3.63, 3.8) is 0 Å². The number of halogens is 1. The molecule has 0 atom stereocenters. The molecule has 3 heterocycles. The van der Waals surface area contributed by atoms with Gasteiger partial charge in [0.15, 0.2) is 16.1 Å². The van der Waals surface area contributed by atoms with Gasteiger partial charge in [0.05, 0.1) is 5.56 Å². The third-order valence-corrected chi connectivity index (χ3v) is 4.06. The van der Waals surface area contributed by atoms with Crippen LogP contribution in [0.1, 0.15) is 19.4 Å². The van der Waals surface area contributed by atoms with Crippen LogP contribution in [-0.4, -0.2) is 19.8 Å². The van der Waals surface area contributed by atoms with Crippen LogP contribution in [0, 0.1) is 0 Å². The fourth-order valence-corrected chi connectivity index (χ4v) is 2.96. The summed E-state index contributed by atoms with van der Waals surface area (Å²) in [6.07, 6.45) is 0. The topological polar surface area (TPSA) is 67.8 Å². The summed E-state index contributed by atoms with van der Waals surface area (Å²) in [5.41, 5.74) is 2.91. The highest BCUT2D eigenvalue weighted by atomic mass is 79.9. The summed E-state index contributed by atoms with van der Waals surface area (Å²) in [6, 6.07) is 9.87. The molecule has 104 valence electrons. The van der Waals surface area contributed by atoms with E-state index in [0.717, 1.165) is 16.8 Å². The van der Waals surface area contributed by atoms with Crippen LogP contribution >= 0.6 is 15.9 Å². The number of hydrogen-bond donors (Lipinski definition) is 0. The lowest BCUT2D eigenvalue weighted by atomic mass is 9.97. The molecule has 0 aliphatic carbocycles. The Labute approximate surface area is 129 Å². The first-order valence-electron chi connectivity index (χ1n) is 6.51. The molecular formula is C14H11BrN6. The normalized spacial score (nSPS) is 15.6. The van der Waals surface area contributed by atoms with Crippen LogP contribution in [0.25, 0.3) is 17.0 Å². The van der Waals surface area contributed by atoms with Crippen LogP contribution in [0.3, 0.4) is 0 Å². The van der Waals surface area contributed by atoms with Crippen molar-refractivity contribution in [2.45, 2.75) is 19.4 Å². The van der Waals surface area contributed by atoms with Crippen molar-refractivity contribution in [1.82, 2.24) is 19.8 Å². The van der Waals surface area contributed by atoms with Gasteiger partial charge in [-0.05, 0) is 29.8 Å². The largest absolute Gasteiger partial charge is 0.191 e. The van der Waals surface area contributed by atoms with Crippen molar-refractivity contribution in [3.05, 3.63) is 40.5 Å². The van der Waals surface area contributed by atoms with Gasteiger partial charge in [-0.3, -0.25) is 0 Å². The minimum Gasteiger partial charge on any atom is -0.191 e. The second-order valence-corrected chi connectivity index (χ2v) is 6.15. The fourth-order valence-electron chi connectivity index (χ4n) is 2.52. The third kappa shape index (κ3) is 1.73. The Balaban J connectivity index is 2.07. The maximum absolute atomic E-state index is 4.50. The van der Waals surface area contributed by atoms with E-state index in [1.165, 1.54) is 0 Å². The van der Waals surface area contributed by atoms with Gasteiger partial charge >= 0.3 is 0 Å². The zero-order valence-corrected chi connectivity index (χ0v) is 13.0. The van der Waals surface area contributed by atoms with E-state index in [9.17, 15) is 0 Å². The highest BCUT2D eigenvalue weighted by molar-refractivity contribution is 9.10. The molecule has 21 heavy (non-hydrogen) atoms. The maximum Gasteiger partial charge on any atom is 0.186 e. The number of azo groups is 1. The molecule has 0 saturated carbocycles. The second-order valence-electron chi connectivity index (χ2n) is 5.40. The molecule has 0 spiro atoms. The Bertz CT molecular complexity index is 881. The van der Waals surface area contributed by atoms with Crippen LogP contribution in [0.4, 0.5) is 5.69 Å². The Hall–Kier alpha value is -2.15. The first-order valence-corrected chi connectivity index (χ1v) is 7.31. The lowest BCUT2D eigenvalue weighted by Crippen LogP contribution is -2.13. The highest BCUT2D eigenvalue weighted by Crippen LogP contribution is 2.45. The summed E-state index contributed by atoms with van der Waals surface area (Å²) < 4.78 is 2.40. The molecule has 0 amide bonds. The van der Waals surface area contributed by atoms with E-state index in [-0.39, 0.29) is 0 Å². The molecule has 1 aliphatic rings. The Morgan fingerprint density at radius 1 is 1.10 bits per heavy atom. The smallest absolute Gasteiger partial charge is 0.186 e. The Morgan fingerprint density at radius 2 is 1.86 bits per heavy atom. The molecule has 1 aromatic carbocycles. The molecule has 1 aliphatic heterocycles. The van der Waals surface area contributed by atoms with Gasteiger partial charge in [0.25, 0.3) is 0 Å². The zero-order chi connectivity index (χ0) is 14.6. The van der Waals surface area contributed by atoms with E-state index in [1.54, 1.807) is 4.52 Å². The lowest BCUT2D eigenvalue weighted by molar-refractivity contribution is 0.556. The van der Waals surface area contributed by atoms with E-state index in [2.05, 4.69) is 41.5 Å². The standard InChI is InChI=1S/C14H11BrN6/c1-14(2)9-10(16-20-14)11(15)19-21-12(17-18-13(9)21)8-6-4-3-5-7-8/h3-7H,1-2H3. The summed E-state index contributed by atoms with van der Waals surface area (Å²) in [6.45, 7) is 4.01. The number of aromatic nitrogens is 4. The van der Waals surface area contributed by atoms with Gasteiger partial charge in [0.2, 0.25) is 0 Å². The molecule has 0 saturated heterocycles. The minimum atomic E-state index is -0.428. The number of rotatable bonds is 1. The summed E-state index contributed by atoms with van der Waals surface area (Å²) in [5, 5.41) is 21.6. The number of benzene rings is 1. The van der Waals surface area contributed by atoms with Crippen molar-refractivity contribution in [2.75, 3.05) is 0 Å². The zero-order valence-electron chi connectivity index (χ0n) is 11.4. The van der Waals surface area contributed by atoms with Gasteiger partial charge in [-0.1, -0.05) is 30.3 Å².